The first-order valence-electron chi connectivity index (χ1n) is 19.6. The summed E-state index contributed by atoms with van der Waals surface area (Å²) < 4.78 is 17.6. The summed E-state index contributed by atoms with van der Waals surface area (Å²) in [7, 11) is 0. The predicted molar refractivity (Wildman–Crippen MR) is 245 cm³/mol. The van der Waals surface area contributed by atoms with Crippen LogP contribution in [0, 0.1) is 6.92 Å². The molecule has 302 valence electrons. The maximum absolute atomic E-state index is 12.1. The van der Waals surface area contributed by atoms with E-state index in [-0.39, 0.29) is 16.7 Å². The van der Waals surface area contributed by atoms with Crippen LogP contribution in [0.1, 0.15) is 26.3 Å². The molecule has 0 fully saturated rings. The fourth-order valence-corrected chi connectivity index (χ4v) is 7.42. The van der Waals surface area contributed by atoms with Gasteiger partial charge in [0.05, 0.1) is 32.7 Å². The van der Waals surface area contributed by atoms with Crippen LogP contribution in [0.5, 0.6) is 0 Å². The van der Waals surface area contributed by atoms with Gasteiger partial charge < -0.3 is 33.3 Å². The summed E-state index contributed by atoms with van der Waals surface area (Å²) in [6.45, 7) is 7.10. The minimum atomic E-state index is -0.833. The molecule has 0 amide bonds. The second-order valence-corrected chi connectivity index (χ2v) is 13.9. The van der Waals surface area contributed by atoms with Gasteiger partial charge in [-0.15, -0.1) is 0 Å². The smallest absolute Gasteiger partial charge is 0.300 e. The number of hydrogen-bond donors (Lipinski definition) is 4. The summed E-state index contributed by atoms with van der Waals surface area (Å²) >= 11 is 0. The normalized spacial score (nSPS) is 11.0. The maximum atomic E-state index is 12.1. The lowest BCUT2D eigenvalue weighted by molar-refractivity contribution is -0.134. The molecule has 11 nitrogen and oxygen atoms in total. The van der Waals surface area contributed by atoms with Crippen molar-refractivity contribution >= 4 is 104 Å². The molecule has 0 saturated heterocycles. The average molecular weight is 810 g/mol. The maximum Gasteiger partial charge on any atom is 0.300 e. The van der Waals surface area contributed by atoms with Crippen LogP contribution in [0.2, 0.25) is 0 Å². The van der Waals surface area contributed by atoms with Crippen molar-refractivity contribution in [2.24, 2.45) is 0 Å². The second-order valence-electron chi connectivity index (χ2n) is 13.9. The molecule has 61 heavy (non-hydrogen) atoms. The van der Waals surface area contributed by atoms with Gasteiger partial charge >= 0.3 is 0 Å². The van der Waals surface area contributed by atoms with Gasteiger partial charge in [0.1, 0.15) is 16.7 Å². The molecule has 0 atom stereocenters. The Balaban J connectivity index is 0.000000119. The van der Waals surface area contributed by atoms with Crippen LogP contribution in [0.3, 0.4) is 0 Å². The summed E-state index contributed by atoms with van der Waals surface area (Å²) in [6.07, 6.45) is 0. The van der Waals surface area contributed by atoms with Crippen molar-refractivity contribution < 1.29 is 23.2 Å². The Bertz CT molecular complexity index is 3610. The number of H-pyrrole nitrogens is 3. The Morgan fingerprint density at radius 2 is 0.705 bits per heavy atom. The van der Waals surface area contributed by atoms with Crippen molar-refractivity contribution in [3.8, 4) is 0 Å². The van der Waals surface area contributed by atoms with Crippen LogP contribution < -0.4 is 16.7 Å². The topological polar surface area (TPSA) is 175 Å². The van der Waals surface area contributed by atoms with Crippen LogP contribution in [0.15, 0.2) is 167 Å². The number of benzene rings is 6. The van der Waals surface area contributed by atoms with Crippen molar-refractivity contribution in [3.63, 3.8) is 0 Å². The fraction of sp³-hybridized carbons (Fsp3) is 0.0800. The highest BCUT2D eigenvalue weighted by atomic mass is 16.4. The van der Waals surface area contributed by atoms with E-state index in [9.17, 15) is 14.4 Å². The number of furan rings is 3. The molecule has 11 heteroatoms. The number of fused-ring (bicyclic) bond motifs is 15. The average Bonchev–Trinajstić information content (AvgIpc) is 3.96. The number of hydrogen-bond acceptors (Lipinski definition) is 7. The first-order chi connectivity index (χ1) is 29.7. The lowest BCUT2D eigenvalue weighted by Gasteiger charge is -1.96. The number of aliphatic carboxylic acids is 1. The third kappa shape index (κ3) is 7.40. The Morgan fingerprint density at radius 3 is 1.07 bits per heavy atom. The van der Waals surface area contributed by atoms with Crippen molar-refractivity contribution in [1.29, 1.82) is 0 Å². The molecule has 0 saturated carbocycles. The summed E-state index contributed by atoms with van der Waals surface area (Å²) in [6, 6.07) is 43.9. The van der Waals surface area contributed by atoms with Gasteiger partial charge in [-0.25, -0.2) is 0 Å². The Kier molecular flexibility index (Phi) is 10.8. The van der Waals surface area contributed by atoms with Gasteiger partial charge in [0, 0.05) is 39.2 Å². The molecule has 0 radical (unpaired) electrons. The third-order valence-corrected chi connectivity index (χ3v) is 10.0. The molecule has 6 heterocycles. The molecular weight excluding hydrogens is 771 g/mol. The van der Waals surface area contributed by atoms with E-state index in [0.29, 0.717) is 16.2 Å². The second kappa shape index (κ2) is 16.6. The fourth-order valence-electron chi connectivity index (χ4n) is 7.42. The van der Waals surface area contributed by atoms with E-state index in [2.05, 4.69) is 15.0 Å². The third-order valence-electron chi connectivity index (χ3n) is 10.0. The first-order valence-corrected chi connectivity index (χ1v) is 19.6. The van der Waals surface area contributed by atoms with E-state index in [0.717, 1.165) is 94.9 Å². The van der Waals surface area contributed by atoms with E-state index in [1.807, 2.05) is 148 Å². The molecule has 0 aliphatic carbocycles. The number of carbonyl (C=O) groups is 1. The van der Waals surface area contributed by atoms with Gasteiger partial charge in [0.15, 0.2) is 16.7 Å². The van der Waals surface area contributed by atoms with Crippen LogP contribution >= 0.6 is 0 Å². The number of aryl methyl sites for hydroxylation is 1. The van der Waals surface area contributed by atoms with E-state index in [1.165, 1.54) is 0 Å². The standard InChI is InChI=1S/C16H11NO2.2C15H9NO2.C2H4O2.C2H6/c1-9-6-7-12-13(8-9)19-15-10-4-2-3-5-11(10)16(18)17-14(12)15;2*17-15-10-6-2-1-5-9(10)14-13(16-15)11-7-3-4-8-12(11)18-14;1-2(3)4;1-2/h2-8H,1H3,(H,17,18);2*1-8H,(H,16,17);1H3,(H,3,4);1-2H3. The molecule has 12 aromatic rings. The summed E-state index contributed by atoms with van der Waals surface area (Å²) in [4.78, 5) is 53.9. The number of carboxylic acid groups (broad SMARTS) is 1. The minimum Gasteiger partial charge on any atom is -0.481 e. The number of rotatable bonds is 0. The van der Waals surface area contributed by atoms with Crippen molar-refractivity contribution in [2.75, 3.05) is 0 Å². The first kappa shape index (κ1) is 39.6. The quantitative estimate of drug-likeness (QED) is 0.117. The van der Waals surface area contributed by atoms with Gasteiger partial charge in [-0.2, -0.15) is 0 Å². The number of carboxylic acids is 1. The molecule has 0 aliphatic rings. The molecule has 12 rings (SSSR count). The van der Waals surface area contributed by atoms with Gasteiger partial charge in [-0.05, 0) is 67.1 Å². The van der Waals surface area contributed by atoms with E-state index in [1.54, 1.807) is 12.1 Å². The number of para-hydroxylation sites is 2. The zero-order valence-corrected chi connectivity index (χ0v) is 33.6. The Hall–Kier alpha value is -8.18. The van der Waals surface area contributed by atoms with Gasteiger partial charge in [0.2, 0.25) is 0 Å². The number of aromatic nitrogens is 3. The molecule has 6 aromatic heterocycles. The van der Waals surface area contributed by atoms with Gasteiger partial charge in [-0.3, -0.25) is 19.2 Å². The lowest BCUT2D eigenvalue weighted by Crippen LogP contribution is -2.05. The van der Waals surface area contributed by atoms with Gasteiger partial charge in [-0.1, -0.05) is 98.8 Å². The molecule has 6 aromatic carbocycles. The van der Waals surface area contributed by atoms with E-state index in [4.69, 9.17) is 23.2 Å². The Morgan fingerprint density at radius 1 is 0.426 bits per heavy atom. The van der Waals surface area contributed by atoms with E-state index >= 15 is 0 Å². The minimum absolute atomic E-state index is 0.0774. The van der Waals surface area contributed by atoms with Crippen molar-refractivity contribution in [3.05, 3.63) is 176 Å². The SMILES string of the molecule is CC.CC(=O)O.Cc1ccc2c(c1)oc1c3ccccc3c(=O)[nH]c21.O=c1[nH]c2c3ccccc3oc2c2ccccc12.O=c1[nH]c2c3ccccc3oc2c2ccccc12. The van der Waals surface area contributed by atoms with Crippen molar-refractivity contribution in [2.45, 2.75) is 27.7 Å². The zero-order valence-electron chi connectivity index (χ0n) is 33.6. The van der Waals surface area contributed by atoms with Crippen LogP contribution in [0.25, 0.3) is 98.5 Å². The largest absolute Gasteiger partial charge is 0.481 e. The van der Waals surface area contributed by atoms with Crippen molar-refractivity contribution in [1.82, 2.24) is 15.0 Å². The summed E-state index contributed by atoms with van der Waals surface area (Å²) in [5.74, 6) is -0.833. The van der Waals surface area contributed by atoms with Gasteiger partial charge in [0.25, 0.3) is 22.6 Å². The number of pyridine rings is 3. The highest BCUT2D eigenvalue weighted by Gasteiger charge is 2.15. The highest BCUT2D eigenvalue weighted by Crippen LogP contribution is 2.33. The summed E-state index contributed by atoms with van der Waals surface area (Å²) in [5.41, 5.74) is 7.84. The van der Waals surface area contributed by atoms with Crippen LogP contribution in [0.4, 0.5) is 0 Å². The van der Waals surface area contributed by atoms with E-state index < -0.39 is 5.97 Å². The molecular formula is C50H39N3O8. The molecule has 0 bridgehead atoms. The highest BCUT2D eigenvalue weighted by molar-refractivity contribution is 6.14. The van der Waals surface area contributed by atoms with Crippen LogP contribution in [-0.2, 0) is 4.79 Å². The zero-order chi connectivity index (χ0) is 42.8. The number of nitrogens with one attached hydrogen (secondary N) is 3. The molecule has 4 N–H and O–H groups in total. The Labute approximate surface area is 345 Å². The molecule has 0 spiro atoms. The number of aromatic amines is 3. The summed E-state index contributed by atoms with van der Waals surface area (Å²) in [5, 5.41) is 14.8. The molecule has 0 unspecified atom stereocenters. The van der Waals surface area contributed by atoms with Crippen LogP contribution in [-0.4, -0.2) is 26.0 Å². The monoisotopic (exact) mass is 809 g/mol. The lowest BCUT2D eigenvalue weighted by atomic mass is 10.1. The molecule has 0 aliphatic heterocycles. The predicted octanol–water partition coefficient (Wildman–Crippen LogP) is 11.7.